The van der Waals surface area contributed by atoms with E-state index in [9.17, 15) is 4.79 Å². The number of nitrogens with one attached hydrogen (secondary N) is 1. The van der Waals surface area contributed by atoms with E-state index in [4.69, 9.17) is 11.6 Å². The molecule has 2 rings (SSSR count). The predicted molar refractivity (Wildman–Crippen MR) is 77.1 cm³/mol. The summed E-state index contributed by atoms with van der Waals surface area (Å²) in [6.45, 7) is 5.13. The van der Waals surface area contributed by atoms with Gasteiger partial charge in [0.15, 0.2) is 0 Å². The first-order chi connectivity index (χ1) is 9.11. The Balaban J connectivity index is 2.06. The van der Waals surface area contributed by atoms with Gasteiger partial charge in [-0.25, -0.2) is 0 Å². The topological polar surface area (TPSA) is 35.6 Å². The van der Waals surface area contributed by atoms with Gasteiger partial charge in [0, 0.05) is 18.1 Å². The van der Waals surface area contributed by atoms with Crippen molar-refractivity contribution in [2.45, 2.75) is 13.1 Å². The summed E-state index contributed by atoms with van der Waals surface area (Å²) in [6.07, 6.45) is -0.0324. The van der Waals surface area contributed by atoms with Crippen LogP contribution >= 0.6 is 11.6 Å². The maximum atomic E-state index is 11.9. The number of nitrogens with zero attached hydrogens (tertiary/aromatic N) is 2. The number of benzene rings is 1. The molecule has 19 heavy (non-hydrogen) atoms. The second-order valence-corrected chi connectivity index (χ2v) is 5.25. The van der Waals surface area contributed by atoms with Crippen molar-refractivity contribution in [3.8, 4) is 0 Å². The molecule has 1 aliphatic rings. The van der Waals surface area contributed by atoms with Crippen molar-refractivity contribution in [1.82, 2.24) is 15.1 Å². The second-order valence-electron chi connectivity index (χ2n) is 4.82. The van der Waals surface area contributed by atoms with Crippen LogP contribution in [0.25, 0.3) is 0 Å². The van der Waals surface area contributed by atoms with Crippen LogP contribution < -0.4 is 5.32 Å². The van der Waals surface area contributed by atoms with Crippen LogP contribution in [0.5, 0.6) is 0 Å². The molecule has 1 amide bonds. The van der Waals surface area contributed by atoms with Gasteiger partial charge in [-0.3, -0.25) is 10.1 Å². The van der Waals surface area contributed by atoms with Crippen LogP contribution in [0, 0.1) is 0 Å². The van der Waals surface area contributed by atoms with Gasteiger partial charge in [-0.1, -0.05) is 30.7 Å². The lowest BCUT2D eigenvalue weighted by molar-refractivity contribution is -0.128. The molecule has 4 nitrogen and oxygen atoms in total. The molecule has 0 saturated carbocycles. The lowest BCUT2D eigenvalue weighted by Gasteiger charge is -2.26. The molecule has 104 valence electrons. The van der Waals surface area contributed by atoms with E-state index in [0.29, 0.717) is 11.6 Å². The Morgan fingerprint density at radius 3 is 2.74 bits per heavy atom. The van der Waals surface area contributed by atoms with E-state index in [1.165, 1.54) is 0 Å². The largest absolute Gasteiger partial charge is 0.321 e. The van der Waals surface area contributed by atoms with Crippen LogP contribution in [0.4, 0.5) is 0 Å². The van der Waals surface area contributed by atoms with Gasteiger partial charge >= 0.3 is 0 Å². The summed E-state index contributed by atoms with van der Waals surface area (Å²) in [5.74, 6) is 0.157. The summed E-state index contributed by atoms with van der Waals surface area (Å²) in [5.41, 5.74) is 1.08. The van der Waals surface area contributed by atoms with Gasteiger partial charge in [-0.15, -0.1) is 0 Å². The number of likely N-dealkylation sites (N-methyl/N-ethyl adjacent to an activating group) is 1. The van der Waals surface area contributed by atoms with Crippen LogP contribution in [-0.4, -0.2) is 48.9 Å². The molecule has 0 aliphatic carbocycles. The predicted octanol–water partition coefficient (Wildman–Crippen LogP) is 1.72. The maximum absolute atomic E-state index is 11.9. The quantitative estimate of drug-likeness (QED) is 0.893. The van der Waals surface area contributed by atoms with Crippen molar-refractivity contribution < 1.29 is 4.79 Å². The van der Waals surface area contributed by atoms with Crippen molar-refractivity contribution in [1.29, 1.82) is 0 Å². The normalized spacial score (nSPS) is 19.5. The van der Waals surface area contributed by atoms with E-state index in [2.05, 4.69) is 24.2 Å². The fraction of sp³-hybridized carbons (Fsp3) is 0.500. The van der Waals surface area contributed by atoms with Gasteiger partial charge in [0.25, 0.3) is 0 Å². The number of hydrogen-bond donors (Lipinski definition) is 1. The van der Waals surface area contributed by atoms with E-state index in [0.717, 1.165) is 25.2 Å². The van der Waals surface area contributed by atoms with E-state index in [1.807, 2.05) is 29.2 Å². The van der Waals surface area contributed by atoms with Gasteiger partial charge < -0.3 is 9.80 Å². The molecule has 1 saturated heterocycles. The molecule has 1 heterocycles. The molecular weight excluding hydrogens is 262 g/mol. The molecule has 0 radical (unpaired) electrons. The smallest absolute Gasteiger partial charge is 0.238 e. The lowest BCUT2D eigenvalue weighted by atomic mass is 10.1. The average molecular weight is 282 g/mol. The highest BCUT2D eigenvalue weighted by molar-refractivity contribution is 6.30. The van der Waals surface area contributed by atoms with E-state index in [1.54, 1.807) is 0 Å². The Morgan fingerprint density at radius 1 is 1.42 bits per heavy atom. The number of carbonyl (C=O) groups is 1. The van der Waals surface area contributed by atoms with Gasteiger partial charge in [-0.05, 0) is 31.3 Å². The minimum absolute atomic E-state index is 0.0324. The molecule has 0 aromatic heterocycles. The lowest BCUT2D eigenvalue weighted by Crippen LogP contribution is -2.36. The summed E-state index contributed by atoms with van der Waals surface area (Å²) >= 11 is 5.90. The van der Waals surface area contributed by atoms with Crippen molar-refractivity contribution in [3.05, 3.63) is 34.9 Å². The number of rotatable bonds is 5. The summed E-state index contributed by atoms with van der Waals surface area (Å²) in [7, 11) is 2.06. The summed E-state index contributed by atoms with van der Waals surface area (Å²) in [6, 6.07) is 7.65. The minimum atomic E-state index is -0.0324. The zero-order valence-electron chi connectivity index (χ0n) is 11.4. The fourth-order valence-electron chi connectivity index (χ4n) is 2.17. The van der Waals surface area contributed by atoms with Crippen LogP contribution in [0.3, 0.4) is 0 Å². The highest BCUT2D eigenvalue weighted by Crippen LogP contribution is 2.23. The minimum Gasteiger partial charge on any atom is -0.321 e. The summed E-state index contributed by atoms with van der Waals surface area (Å²) in [4.78, 5) is 16.0. The van der Waals surface area contributed by atoms with E-state index in [-0.39, 0.29) is 12.1 Å². The second kappa shape index (κ2) is 6.37. The van der Waals surface area contributed by atoms with Gasteiger partial charge in [0.05, 0.1) is 6.54 Å². The first-order valence-corrected chi connectivity index (χ1v) is 6.96. The Morgan fingerprint density at radius 2 is 2.11 bits per heavy atom. The van der Waals surface area contributed by atoms with Crippen LogP contribution in [-0.2, 0) is 4.79 Å². The molecule has 1 fully saturated rings. The highest BCUT2D eigenvalue weighted by Gasteiger charge is 2.31. The van der Waals surface area contributed by atoms with Crippen molar-refractivity contribution in [3.63, 3.8) is 0 Å². The average Bonchev–Trinajstić information content (AvgIpc) is 2.78. The summed E-state index contributed by atoms with van der Waals surface area (Å²) in [5, 5.41) is 3.96. The third-order valence-corrected chi connectivity index (χ3v) is 3.78. The number of halogens is 1. The Bertz CT molecular complexity index is 435. The van der Waals surface area contributed by atoms with Gasteiger partial charge in [0.2, 0.25) is 5.91 Å². The van der Waals surface area contributed by atoms with Crippen LogP contribution in [0.1, 0.15) is 18.7 Å². The van der Waals surface area contributed by atoms with Gasteiger partial charge in [-0.2, -0.15) is 0 Å². The molecule has 1 atom stereocenters. The zero-order chi connectivity index (χ0) is 13.8. The SMILES string of the molecule is CCN(C)CCN1C(=O)CNC1c1ccc(Cl)cc1. The molecular formula is C14H20ClN3O. The van der Waals surface area contributed by atoms with Crippen LogP contribution in [0.2, 0.25) is 5.02 Å². The standard InChI is InChI=1S/C14H20ClN3O/c1-3-17(2)8-9-18-13(19)10-16-14(18)11-4-6-12(15)7-5-11/h4-7,14,16H,3,8-10H2,1-2H3. The molecule has 0 spiro atoms. The molecule has 1 N–H and O–H groups in total. The fourth-order valence-corrected chi connectivity index (χ4v) is 2.30. The molecule has 0 bridgehead atoms. The molecule has 1 unspecified atom stereocenters. The van der Waals surface area contributed by atoms with E-state index >= 15 is 0 Å². The molecule has 1 aromatic carbocycles. The Labute approximate surface area is 119 Å². The first kappa shape index (κ1) is 14.3. The number of hydrogen-bond acceptors (Lipinski definition) is 3. The third kappa shape index (κ3) is 3.47. The van der Waals surface area contributed by atoms with E-state index < -0.39 is 0 Å². The Hall–Kier alpha value is -1.10. The molecule has 5 heteroatoms. The van der Waals surface area contributed by atoms with Crippen molar-refractivity contribution >= 4 is 17.5 Å². The monoisotopic (exact) mass is 281 g/mol. The number of amides is 1. The zero-order valence-corrected chi connectivity index (χ0v) is 12.2. The maximum Gasteiger partial charge on any atom is 0.238 e. The highest BCUT2D eigenvalue weighted by atomic mass is 35.5. The molecule has 1 aromatic rings. The Kier molecular flexibility index (Phi) is 4.80. The third-order valence-electron chi connectivity index (χ3n) is 3.53. The number of carbonyl (C=O) groups excluding carboxylic acids is 1. The van der Waals surface area contributed by atoms with Crippen molar-refractivity contribution in [2.24, 2.45) is 0 Å². The molecule has 1 aliphatic heterocycles. The first-order valence-electron chi connectivity index (χ1n) is 6.58. The van der Waals surface area contributed by atoms with Crippen molar-refractivity contribution in [2.75, 3.05) is 33.2 Å². The summed E-state index contributed by atoms with van der Waals surface area (Å²) < 4.78 is 0. The van der Waals surface area contributed by atoms with Gasteiger partial charge in [0.1, 0.15) is 6.17 Å². The van der Waals surface area contributed by atoms with Crippen LogP contribution in [0.15, 0.2) is 24.3 Å².